The van der Waals surface area contributed by atoms with E-state index in [1.165, 1.54) is 6.07 Å². The first-order chi connectivity index (χ1) is 6.93. The molecule has 0 saturated heterocycles. The number of nitrogens with zero attached hydrogens (tertiary/aromatic N) is 1. The van der Waals surface area contributed by atoms with Crippen LogP contribution in [0.15, 0.2) is 24.3 Å². The molecule has 0 spiro atoms. The Morgan fingerprint density at radius 3 is 2.60 bits per heavy atom. The molecule has 1 aromatic rings. The second-order valence-corrected chi connectivity index (χ2v) is 4.10. The van der Waals surface area contributed by atoms with Gasteiger partial charge in [0.1, 0.15) is 4.83 Å². The molecule has 0 aliphatic carbocycles. The SMILES string of the molecule is N#CC(Br)Cc1cccc(C(F)(F)F)c1. The Labute approximate surface area is 93.6 Å². The van der Waals surface area contributed by atoms with Crippen molar-refractivity contribution in [3.63, 3.8) is 0 Å². The summed E-state index contributed by atoms with van der Waals surface area (Å²) in [5, 5.41) is 8.51. The largest absolute Gasteiger partial charge is 0.416 e. The summed E-state index contributed by atoms with van der Waals surface area (Å²) < 4.78 is 36.9. The van der Waals surface area contributed by atoms with E-state index in [2.05, 4.69) is 15.9 Å². The molecule has 1 rings (SSSR count). The molecule has 1 aromatic carbocycles. The van der Waals surface area contributed by atoms with Gasteiger partial charge in [0.2, 0.25) is 0 Å². The first-order valence-corrected chi connectivity index (χ1v) is 5.05. The summed E-state index contributed by atoms with van der Waals surface area (Å²) in [6.45, 7) is 0. The molecule has 0 fully saturated rings. The lowest BCUT2D eigenvalue weighted by Crippen LogP contribution is -2.06. The summed E-state index contributed by atoms with van der Waals surface area (Å²) in [4.78, 5) is -0.457. The molecule has 0 amide bonds. The third kappa shape index (κ3) is 3.56. The van der Waals surface area contributed by atoms with E-state index < -0.39 is 16.6 Å². The van der Waals surface area contributed by atoms with E-state index in [1.54, 1.807) is 6.07 Å². The van der Waals surface area contributed by atoms with Gasteiger partial charge in [-0.2, -0.15) is 18.4 Å². The van der Waals surface area contributed by atoms with E-state index >= 15 is 0 Å². The molecule has 0 bridgehead atoms. The number of rotatable bonds is 2. The van der Waals surface area contributed by atoms with Crippen LogP contribution in [0.25, 0.3) is 0 Å². The Bertz CT molecular complexity index is 381. The van der Waals surface area contributed by atoms with Crippen LogP contribution in [0.3, 0.4) is 0 Å². The Balaban J connectivity index is 2.90. The van der Waals surface area contributed by atoms with Gasteiger partial charge in [-0.3, -0.25) is 0 Å². The maximum Gasteiger partial charge on any atom is 0.416 e. The van der Waals surface area contributed by atoms with Crippen LogP contribution in [0.4, 0.5) is 13.2 Å². The monoisotopic (exact) mass is 277 g/mol. The first kappa shape index (κ1) is 12.1. The van der Waals surface area contributed by atoms with Crippen molar-refractivity contribution < 1.29 is 13.2 Å². The van der Waals surface area contributed by atoms with Gasteiger partial charge in [0.05, 0.1) is 11.6 Å². The summed E-state index contributed by atoms with van der Waals surface area (Å²) in [7, 11) is 0. The quantitative estimate of drug-likeness (QED) is 0.759. The molecule has 0 N–H and O–H groups in total. The maximum absolute atomic E-state index is 12.3. The third-order valence-electron chi connectivity index (χ3n) is 1.81. The molecule has 0 aromatic heterocycles. The van der Waals surface area contributed by atoms with Gasteiger partial charge in [0, 0.05) is 0 Å². The maximum atomic E-state index is 12.3. The number of alkyl halides is 4. The van der Waals surface area contributed by atoms with Gasteiger partial charge < -0.3 is 0 Å². The van der Waals surface area contributed by atoms with Crippen molar-refractivity contribution in [1.29, 1.82) is 5.26 Å². The van der Waals surface area contributed by atoms with Crippen molar-refractivity contribution in [2.75, 3.05) is 0 Å². The molecular formula is C10H7BrF3N. The van der Waals surface area contributed by atoms with E-state index in [0.29, 0.717) is 5.56 Å². The topological polar surface area (TPSA) is 23.8 Å². The minimum Gasteiger partial charge on any atom is -0.197 e. The van der Waals surface area contributed by atoms with Crippen LogP contribution >= 0.6 is 15.9 Å². The summed E-state index contributed by atoms with van der Waals surface area (Å²) in [5.74, 6) is 0. The van der Waals surface area contributed by atoms with Crippen LogP contribution in [0, 0.1) is 11.3 Å². The highest BCUT2D eigenvalue weighted by Gasteiger charge is 2.30. The van der Waals surface area contributed by atoms with Gasteiger partial charge in [-0.15, -0.1) is 0 Å². The minimum atomic E-state index is -4.33. The number of hydrogen-bond donors (Lipinski definition) is 0. The summed E-state index contributed by atoms with van der Waals surface area (Å²) in [5.41, 5.74) is -0.189. The van der Waals surface area contributed by atoms with E-state index in [4.69, 9.17) is 5.26 Å². The van der Waals surface area contributed by atoms with Crippen molar-refractivity contribution in [2.24, 2.45) is 0 Å². The molecular weight excluding hydrogens is 271 g/mol. The zero-order chi connectivity index (χ0) is 11.5. The zero-order valence-electron chi connectivity index (χ0n) is 7.55. The molecule has 1 atom stereocenters. The van der Waals surface area contributed by atoms with Crippen LogP contribution in [-0.2, 0) is 12.6 Å². The highest BCUT2D eigenvalue weighted by Crippen LogP contribution is 2.29. The first-order valence-electron chi connectivity index (χ1n) is 4.13. The van der Waals surface area contributed by atoms with Crippen LogP contribution in [0.5, 0.6) is 0 Å². The Morgan fingerprint density at radius 1 is 1.40 bits per heavy atom. The van der Waals surface area contributed by atoms with Crippen molar-refractivity contribution in [2.45, 2.75) is 17.4 Å². The molecule has 15 heavy (non-hydrogen) atoms. The van der Waals surface area contributed by atoms with Crippen molar-refractivity contribution in [3.8, 4) is 6.07 Å². The van der Waals surface area contributed by atoms with Gasteiger partial charge in [0.25, 0.3) is 0 Å². The highest BCUT2D eigenvalue weighted by atomic mass is 79.9. The Hall–Kier alpha value is -1.02. The second kappa shape index (κ2) is 4.67. The molecule has 0 aliphatic heterocycles. The molecule has 0 saturated carbocycles. The van der Waals surface area contributed by atoms with Crippen LogP contribution in [0.2, 0.25) is 0 Å². The lowest BCUT2D eigenvalue weighted by Gasteiger charge is -2.08. The molecule has 0 heterocycles. The fourth-order valence-electron chi connectivity index (χ4n) is 1.13. The number of halogens is 4. The average molecular weight is 278 g/mol. The van der Waals surface area contributed by atoms with Crippen LogP contribution < -0.4 is 0 Å². The number of nitriles is 1. The standard InChI is InChI=1S/C10H7BrF3N/c11-9(6-15)5-7-2-1-3-8(4-7)10(12,13)14/h1-4,9H,5H2. The summed E-state index contributed by atoms with van der Waals surface area (Å²) >= 11 is 3.05. The molecule has 80 valence electrons. The van der Waals surface area contributed by atoms with Crippen molar-refractivity contribution >= 4 is 15.9 Å². The van der Waals surface area contributed by atoms with Gasteiger partial charge in [-0.25, -0.2) is 0 Å². The summed E-state index contributed by atoms with van der Waals surface area (Å²) in [6, 6.07) is 6.89. The van der Waals surface area contributed by atoms with Crippen molar-refractivity contribution in [1.82, 2.24) is 0 Å². The van der Waals surface area contributed by atoms with E-state index in [9.17, 15) is 13.2 Å². The van der Waals surface area contributed by atoms with Crippen molar-refractivity contribution in [3.05, 3.63) is 35.4 Å². The highest BCUT2D eigenvalue weighted by molar-refractivity contribution is 9.09. The Kier molecular flexibility index (Phi) is 3.75. The molecule has 1 unspecified atom stereocenters. The lowest BCUT2D eigenvalue weighted by molar-refractivity contribution is -0.137. The average Bonchev–Trinajstić information content (AvgIpc) is 2.17. The second-order valence-electron chi connectivity index (χ2n) is 3.00. The number of benzene rings is 1. The smallest absolute Gasteiger partial charge is 0.197 e. The zero-order valence-corrected chi connectivity index (χ0v) is 9.14. The van der Waals surface area contributed by atoms with Gasteiger partial charge in [-0.1, -0.05) is 34.1 Å². The van der Waals surface area contributed by atoms with Gasteiger partial charge in [0.15, 0.2) is 0 Å². The van der Waals surface area contributed by atoms with E-state index in [-0.39, 0.29) is 6.42 Å². The molecule has 1 nitrogen and oxygen atoms in total. The van der Waals surface area contributed by atoms with Crippen LogP contribution in [0.1, 0.15) is 11.1 Å². The lowest BCUT2D eigenvalue weighted by atomic mass is 10.1. The predicted octanol–water partition coefficient (Wildman–Crippen LogP) is 3.53. The molecule has 0 aliphatic rings. The van der Waals surface area contributed by atoms with Gasteiger partial charge in [-0.05, 0) is 18.1 Å². The molecule has 5 heteroatoms. The Morgan fingerprint density at radius 2 is 2.07 bits per heavy atom. The van der Waals surface area contributed by atoms with Gasteiger partial charge >= 0.3 is 6.18 Å². The third-order valence-corrected chi connectivity index (χ3v) is 2.34. The summed E-state index contributed by atoms with van der Waals surface area (Å²) in [6.07, 6.45) is -4.06. The normalized spacial score (nSPS) is 13.3. The minimum absolute atomic E-state index is 0.264. The fourth-order valence-corrected chi connectivity index (χ4v) is 1.50. The molecule has 0 radical (unpaired) electrons. The fraction of sp³-hybridized carbons (Fsp3) is 0.300. The van der Waals surface area contributed by atoms with Crippen LogP contribution in [-0.4, -0.2) is 4.83 Å². The predicted molar refractivity (Wildman–Crippen MR) is 53.5 cm³/mol. The number of hydrogen-bond acceptors (Lipinski definition) is 1. The van der Waals surface area contributed by atoms with E-state index in [1.807, 2.05) is 6.07 Å². The van der Waals surface area contributed by atoms with E-state index in [0.717, 1.165) is 12.1 Å².